The Bertz CT molecular complexity index is 753. The molecule has 0 saturated carbocycles. The Morgan fingerprint density at radius 2 is 2.12 bits per heavy atom. The molecule has 7 nitrogen and oxygen atoms in total. The summed E-state index contributed by atoms with van der Waals surface area (Å²) < 4.78 is 11.3. The third-order valence-corrected chi connectivity index (χ3v) is 4.99. The lowest BCUT2D eigenvalue weighted by atomic mass is 10.2. The van der Waals surface area contributed by atoms with Gasteiger partial charge in [0.05, 0.1) is 15.3 Å². The van der Waals surface area contributed by atoms with Crippen LogP contribution in [0, 0.1) is 0 Å². The number of methoxy groups -OCH3 is 1. The molecule has 2 rings (SSSR count). The molecule has 0 fully saturated rings. The summed E-state index contributed by atoms with van der Waals surface area (Å²) in [5, 5.41) is 5.46. The van der Waals surface area contributed by atoms with E-state index in [4.69, 9.17) is 9.47 Å². The molecule has 140 valence electrons. The second-order valence-corrected chi connectivity index (χ2v) is 7.79. The second-order valence-electron chi connectivity index (χ2n) is 5.33. The molecule has 0 aliphatic carbocycles. The van der Waals surface area contributed by atoms with Crippen molar-refractivity contribution in [3.05, 3.63) is 44.7 Å². The molecular weight excluding hydrogens is 422 g/mol. The van der Waals surface area contributed by atoms with Gasteiger partial charge in [0.25, 0.3) is 5.91 Å². The van der Waals surface area contributed by atoms with E-state index in [0.717, 1.165) is 9.35 Å². The SMILES string of the molecule is COCCOc1ncccc1CNC(=O)C(C)NC(=O)c1ccc(Br)s1. The van der Waals surface area contributed by atoms with Gasteiger partial charge in [0.1, 0.15) is 12.6 Å². The first-order valence-corrected chi connectivity index (χ1v) is 9.51. The van der Waals surface area contributed by atoms with E-state index >= 15 is 0 Å². The maximum Gasteiger partial charge on any atom is 0.262 e. The lowest BCUT2D eigenvalue weighted by Gasteiger charge is -2.15. The molecule has 2 heterocycles. The van der Waals surface area contributed by atoms with Crippen molar-refractivity contribution in [3.63, 3.8) is 0 Å². The van der Waals surface area contributed by atoms with E-state index in [-0.39, 0.29) is 18.4 Å². The topological polar surface area (TPSA) is 89.6 Å². The first-order chi connectivity index (χ1) is 12.5. The number of pyridine rings is 1. The van der Waals surface area contributed by atoms with Gasteiger partial charge in [-0.25, -0.2) is 4.98 Å². The Kier molecular flexibility index (Phi) is 8.02. The van der Waals surface area contributed by atoms with Gasteiger partial charge in [-0.15, -0.1) is 11.3 Å². The molecule has 0 aliphatic heterocycles. The van der Waals surface area contributed by atoms with Crippen molar-refractivity contribution < 1.29 is 19.1 Å². The highest BCUT2D eigenvalue weighted by molar-refractivity contribution is 9.11. The van der Waals surface area contributed by atoms with Crippen LogP contribution in [0.25, 0.3) is 0 Å². The van der Waals surface area contributed by atoms with Crippen molar-refractivity contribution in [2.45, 2.75) is 19.5 Å². The minimum atomic E-state index is -0.669. The number of rotatable bonds is 9. The minimum Gasteiger partial charge on any atom is -0.475 e. The molecule has 1 unspecified atom stereocenters. The van der Waals surface area contributed by atoms with Crippen LogP contribution in [-0.4, -0.2) is 43.2 Å². The van der Waals surface area contributed by atoms with Crippen molar-refractivity contribution in [1.29, 1.82) is 0 Å². The fraction of sp³-hybridized carbons (Fsp3) is 0.353. The van der Waals surface area contributed by atoms with Crippen LogP contribution in [0.2, 0.25) is 0 Å². The molecule has 0 bridgehead atoms. The number of nitrogens with zero attached hydrogens (tertiary/aromatic N) is 1. The molecule has 0 radical (unpaired) electrons. The molecule has 0 saturated heterocycles. The van der Waals surface area contributed by atoms with Crippen molar-refractivity contribution in [2.75, 3.05) is 20.3 Å². The summed E-state index contributed by atoms with van der Waals surface area (Å²) in [5.74, 6) is -0.126. The largest absolute Gasteiger partial charge is 0.475 e. The number of ether oxygens (including phenoxy) is 2. The zero-order valence-corrected chi connectivity index (χ0v) is 16.9. The fourth-order valence-corrected chi connectivity index (χ4v) is 3.30. The number of amides is 2. The monoisotopic (exact) mass is 441 g/mol. The molecule has 0 aliphatic rings. The summed E-state index contributed by atoms with van der Waals surface area (Å²) in [6.45, 7) is 2.70. The molecule has 0 aromatic carbocycles. The molecule has 0 spiro atoms. The van der Waals surface area contributed by atoms with Crippen LogP contribution in [0.15, 0.2) is 34.2 Å². The van der Waals surface area contributed by atoms with Gasteiger partial charge in [0, 0.05) is 25.4 Å². The third-order valence-electron chi connectivity index (χ3n) is 3.37. The van der Waals surface area contributed by atoms with Crippen molar-refractivity contribution in [1.82, 2.24) is 15.6 Å². The zero-order chi connectivity index (χ0) is 18.9. The van der Waals surface area contributed by atoms with Gasteiger partial charge in [-0.3, -0.25) is 9.59 Å². The maximum atomic E-state index is 12.2. The highest BCUT2D eigenvalue weighted by Crippen LogP contribution is 2.21. The predicted octanol–water partition coefficient (Wildman–Crippen LogP) is 2.37. The number of carbonyl (C=O) groups is 2. The number of aromatic nitrogens is 1. The van der Waals surface area contributed by atoms with Crippen molar-refractivity contribution in [2.24, 2.45) is 0 Å². The summed E-state index contributed by atoms with van der Waals surface area (Å²) in [7, 11) is 1.59. The van der Waals surface area contributed by atoms with Gasteiger partial charge >= 0.3 is 0 Å². The van der Waals surface area contributed by atoms with Gasteiger partial charge in [-0.05, 0) is 41.1 Å². The number of carbonyl (C=O) groups excluding carboxylic acids is 2. The minimum absolute atomic E-state index is 0.250. The Morgan fingerprint density at radius 3 is 2.81 bits per heavy atom. The normalized spacial score (nSPS) is 11.7. The molecule has 26 heavy (non-hydrogen) atoms. The van der Waals surface area contributed by atoms with Crippen LogP contribution < -0.4 is 15.4 Å². The number of nitrogens with one attached hydrogen (secondary N) is 2. The van der Waals surface area contributed by atoms with E-state index in [2.05, 4.69) is 31.5 Å². The number of thiophene rings is 1. The van der Waals surface area contributed by atoms with E-state index in [1.165, 1.54) is 11.3 Å². The molecule has 2 amide bonds. The lowest BCUT2D eigenvalue weighted by molar-refractivity contribution is -0.122. The van der Waals surface area contributed by atoms with Crippen molar-refractivity contribution >= 4 is 39.1 Å². The predicted molar refractivity (Wildman–Crippen MR) is 102 cm³/mol. The van der Waals surface area contributed by atoms with E-state index in [0.29, 0.717) is 24.0 Å². The van der Waals surface area contributed by atoms with Gasteiger partial charge in [0.2, 0.25) is 11.8 Å². The Morgan fingerprint density at radius 1 is 1.31 bits per heavy atom. The van der Waals surface area contributed by atoms with Crippen LogP contribution in [-0.2, 0) is 16.1 Å². The van der Waals surface area contributed by atoms with Crippen LogP contribution in [0.4, 0.5) is 0 Å². The van der Waals surface area contributed by atoms with E-state index < -0.39 is 6.04 Å². The molecule has 9 heteroatoms. The zero-order valence-electron chi connectivity index (χ0n) is 14.5. The van der Waals surface area contributed by atoms with Gasteiger partial charge in [-0.1, -0.05) is 6.07 Å². The van der Waals surface area contributed by atoms with Gasteiger partial charge < -0.3 is 20.1 Å². The smallest absolute Gasteiger partial charge is 0.262 e. The maximum absolute atomic E-state index is 12.2. The molecule has 2 aromatic heterocycles. The summed E-state index contributed by atoms with van der Waals surface area (Å²) >= 11 is 4.62. The van der Waals surface area contributed by atoms with Crippen LogP contribution in [0.3, 0.4) is 0 Å². The van der Waals surface area contributed by atoms with Gasteiger partial charge in [0.15, 0.2) is 0 Å². The highest BCUT2D eigenvalue weighted by atomic mass is 79.9. The second kappa shape index (κ2) is 10.2. The molecular formula is C17H20BrN3O4S. The van der Waals surface area contributed by atoms with Gasteiger partial charge in [-0.2, -0.15) is 0 Å². The molecule has 2 aromatic rings. The highest BCUT2D eigenvalue weighted by Gasteiger charge is 2.18. The molecule has 2 N–H and O–H groups in total. The average molecular weight is 442 g/mol. The Balaban J connectivity index is 1.86. The summed E-state index contributed by atoms with van der Waals surface area (Å²) in [6, 6.07) is 6.41. The summed E-state index contributed by atoms with van der Waals surface area (Å²) in [6.07, 6.45) is 1.62. The fourth-order valence-electron chi connectivity index (χ4n) is 2.02. The standard InChI is InChI=1S/C17H20BrN3O4S/c1-11(21-16(23)13-5-6-14(18)26-13)15(22)20-10-12-4-3-7-19-17(12)25-9-8-24-2/h3-7,11H,8-10H2,1-2H3,(H,20,22)(H,21,23). The number of hydrogen-bond donors (Lipinski definition) is 2. The lowest BCUT2D eigenvalue weighted by Crippen LogP contribution is -2.44. The summed E-state index contributed by atoms with van der Waals surface area (Å²) in [5.41, 5.74) is 0.748. The van der Waals surface area contributed by atoms with E-state index in [1.54, 1.807) is 38.4 Å². The van der Waals surface area contributed by atoms with Crippen molar-refractivity contribution in [3.8, 4) is 5.88 Å². The summed E-state index contributed by atoms with van der Waals surface area (Å²) in [4.78, 5) is 29.1. The number of halogens is 1. The van der Waals surface area contributed by atoms with E-state index in [9.17, 15) is 9.59 Å². The van der Waals surface area contributed by atoms with Crippen LogP contribution >= 0.6 is 27.3 Å². The number of hydrogen-bond acceptors (Lipinski definition) is 6. The van der Waals surface area contributed by atoms with E-state index in [1.807, 2.05) is 6.07 Å². The Labute approximate surface area is 164 Å². The quantitative estimate of drug-likeness (QED) is 0.582. The Hall–Kier alpha value is -1.97. The third kappa shape index (κ3) is 6.08. The first-order valence-electron chi connectivity index (χ1n) is 7.90. The van der Waals surface area contributed by atoms with Crippen LogP contribution in [0.1, 0.15) is 22.2 Å². The van der Waals surface area contributed by atoms with Crippen LogP contribution in [0.5, 0.6) is 5.88 Å². The molecule has 1 atom stereocenters. The first kappa shape index (κ1) is 20.3. The average Bonchev–Trinajstić information content (AvgIpc) is 3.07.